The van der Waals surface area contributed by atoms with Crippen LogP contribution < -0.4 is 11.5 Å². The van der Waals surface area contributed by atoms with Crippen LogP contribution in [-0.2, 0) is 4.79 Å². The molecule has 1 heterocycles. The van der Waals surface area contributed by atoms with Gasteiger partial charge in [-0.05, 0) is 5.92 Å². The molecule has 0 bridgehead atoms. The van der Waals surface area contributed by atoms with E-state index in [0.29, 0.717) is 5.69 Å². The summed E-state index contributed by atoms with van der Waals surface area (Å²) in [7, 11) is 0. The molecule has 2 unspecified atom stereocenters. The first-order chi connectivity index (χ1) is 7.49. The van der Waals surface area contributed by atoms with Crippen molar-refractivity contribution < 1.29 is 9.90 Å². The van der Waals surface area contributed by atoms with Gasteiger partial charge in [0.25, 0.3) is 0 Å². The van der Waals surface area contributed by atoms with Crippen LogP contribution in [0.1, 0.15) is 31.6 Å². The summed E-state index contributed by atoms with van der Waals surface area (Å²) >= 11 is 0. The quantitative estimate of drug-likeness (QED) is 0.632. The minimum absolute atomic E-state index is 0.0383. The van der Waals surface area contributed by atoms with Gasteiger partial charge in [0.05, 0.1) is 24.7 Å². The molecule has 0 spiro atoms. The molecule has 90 valence electrons. The molecule has 0 aromatic carbocycles. The lowest BCUT2D eigenvalue weighted by Gasteiger charge is -2.22. The van der Waals surface area contributed by atoms with Gasteiger partial charge in [0.2, 0.25) is 5.91 Å². The van der Waals surface area contributed by atoms with Gasteiger partial charge < -0.3 is 21.1 Å². The van der Waals surface area contributed by atoms with Crippen molar-refractivity contribution in [2.75, 3.05) is 6.61 Å². The topological polar surface area (TPSA) is 107 Å². The maximum absolute atomic E-state index is 11.4. The summed E-state index contributed by atoms with van der Waals surface area (Å²) in [6, 6.07) is -1.04. The second-order valence-corrected chi connectivity index (χ2v) is 4.11. The standard InChI is InChI=1S/C10H18N4O2/c1-6(2)9(10(12)16)14-5-13-3-8(14)7(11)4-15/h3,5-7,9,15H,4,11H2,1-2H3,(H2,12,16). The van der Waals surface area contributed by atoms with Crippen LogP contribution in [0.25, 0.3) is 0 Å². The zero-order chi connectivity index (χ0) is 12.3. The Kier molecular flexibility index (Phi) is 4.03. The summed E-state index contributed by atoms with van der Waals surface area (Å²) in [5.74, 6) is -0.393. The highest BCUT2D eigenvalue weighted by Crippen LogP contribution is 2.21. The van der Waals surface area contributed by atoms with E-state index in [2.05, 4.69) is 4.98 Å². The van der Waals surface area contributed by atoms with E-state index < -0.39 is 18.0 Å². The Balaban J connectivity index is 3.10. The molecular formula is C10H18N4O2. The fourth-order valence-corrected chi connectivity index (χ4v) is 1.71. The van der Waals surface area contributed by atoms with Gasteiger partial charge in [0.15, 0.2) is 0 Å². The molecule has 6 nitrogen and oxygen atoms in total. The third-order valence-corrected chi connectivity index (χ3v) is 2.50. The molecular weight excluding hydrogens is 208 g/mol. The minimum Gasteiger partial charge on any atom is -0.394 e. The van der Waals surface area contributed by atoms with Crippen LogP contribution in [0, 0.1) is 5.92 Å². The van der Waals surface area contributed by atoms with E-state index >= 15 is 0 Å². The molecule has 2 atom stereocenters. The number of nitrogens with zero attached hydrogens (tertiary/aromatic N) is 2. The predicted octanol–water partition coefficient (Wildman–Crippen LogP) is -0.442. The summed E-state index contributed by atoms with van der Waals surface area (Å²) in [4.78, 5) is 15.3. The maximum Gasteiger partial charge on any atom is 0.240 e. The number of amides is 1. The fourth-order valence-electron chi connectivity index (χ4n) is 1.71. The molecule has 0 aliphatic rings. The van der Waals surface area contributed by atoms with Crippen LogP contribution in [0.5, 0.6) is 0 Å². The maximum atomic E-state index is 11.4. The van der Waals surface area contributed by atoms with E-state index in [0.717, 1.165) is 0 Å². The number of carbonyl (C=O) groups excluding carboxylic acids is 1. The van der Waals surface area contributed by atoms with Gasteiger partial charge in [-0.1, -0.05) is 13.8 Å². The SMILES string of the molecule is CC(C)C(C(N)=O)n1cncc1C(N)CO. The Morgan fingerprint density at radius 3 is 2.69 bits per heavy atom. The lowest BCUT2D eigenvalue weighted by atomic mass is 10.0. The molecule has 1 aromatic rings. The molecule has 0 radical (unpaired) electrons. The molecule has 0 fully saturated rings. The lowest BCUT2D eigenvalue weighted by molar-refractivity contribution is -0.122. The average molecular weight is 226 g/mol. The third kappa shape index (κ3) is 2.40. The molecule has 6 heteroatoms. The highest BCUT2D eigenvalue weighted by atomic mass is 16.3. The summed E-state index contributed by atoms with van der Waals surface area (Å²) in [5, 5.41) is 9.01. The molecule has 5 N–H and O–H groups in total. The summed E-state index contributed by atoms with van der Waals surface area (Å²) in [6.45, 7) is 3.59. The van der Waals surface area contributed by atoms with Crippen molar-refractivity contribution in [1.82, 2.24) is 9.55 Å². The largest absolute Gasteiger partial charge is 0.394 e. The molecule has 1 aromatic heterocycles. The van der Waals surface area contributed by atoms with Gasteiger partial charge in [0, 0.05) is 6.20 Å². The van der Waals surface area contributed by atoms with Gasteiger partial charge >= 0.3 is 0 Å². The molecule has 0 saturated heterocycles. The van der Waals surface area contributed by atoms with Gasteiger partial charge in [-0.3, -0.25) is 4.79 Å². The van der Waals surface area contributed by atoms with Crippen LogP contribution in [0.15, 0.2) is 12.5 Å². The third-order valence-electron chi connectivity index (χ3n) is 2.50. The summed E-state index contributed by atoms with van der Waals surface area (Å²) < 4.78 is 1.63. The van der Waals surface area contributed by atoms with Gasteiger partial charge in [-0.2, -0.15) is 0 Å². The Hall–Kier alpha value is -1.40. The van der Waals surface area contributed by atoms with Crippen molar-refractivity contribution in [3.63, 3.8) is 0 Å². The van der Waals surface area contributed by atoms with Crippen LogP contribution in [0.2, 0.25) is 0 Å². The van der Waals surface area contributed by atoms with Gasteiger partial charge in [0.1, 0.15) is 6.04 Å². The number of hydrogen-bond donors (Lipinski definition) is 3. The van der Waals surface area contributed by atoms with Crippen LogP contribution in [-0.4, -0.2) is 27.2 Å². The number of nitrogens with two attached hydrogens (primary N) is 2. The monoisotopic (exact) mass is 226 g/mol. The number of aliphatic hydroxyl groups excluding tert-OH is 1. The number of aliphatic hydroxyl groups is 1. The first-order valence-electron chi connectivity index (χ1n) is 5.16. The summed E-state index contributed by atoms with van der Waals surface area (Å²) in [5.41, 5.74) is 11.7. The number of rotatable bonds is 5. The Morgan fingerprint density at radius 2 is 2.25 bits per heavy atom. The smallest absolute Gasteiger partial charge is 0.240 e. The van der Waals surface area contributed by atoms with Crippen LogP contribution >= 0.6 is 0 Å². The first-order valence-corrected chi connectivity index (χ1v) is 5.16. The number of primary amides is 1. The number of imidazole rings is 1. The first kappa shape index (κ1) is 12.7. The van der Waals surface area contributed by atoms with E-state index in [9.17, 15) is 4.79 Å². The molecule has 0 saturated carbocycles. The lowest BCUT2D eigenvalue weighted by Crippen LogP contribution is -2.32. The number of hydrogen-bond acceptors (Lipinski definition) is 4. The fraction of sp³-hybridized carbons (Fsp3) is 0.600. The van der Waals surface area contributed by atoms with E-state index in [1.165, 1.54) is 6.33 Å². The van der Waals surface area contributed by atoms with E-state index in [1.54, 1.807) is 10.8 Å². The van der Waals surface area contributed by atoms with Gasteiger partial charge in [-0.25, -0.2) is 4.98 Å². The van der Waals surface area contributed by atoms with E-state index in [-0.39, 0.29) is 12.5 Å². The predicted molar refractivity (Wildman–Crippen MR) is 59.3 cm³/mol. The zero-order valence-corrected chi connectivity index (χ0v) is 9.50. The van der Waals surface area contributed by atoms with Crippen molar-refractivity contribution in [2.45, 2.75) is 25.9 Å². The Labute approximate surface area is 94.3 Å². The van der Waals surface area contributed by atoms with E-state index in [1.807, 2.05) is 13.8 Å². The van der Waals surface area contributed by atoms with Crippen molar-refractivity contribution in [3.8, 4) is 0 Å². The Morgan fingerprint density at radius 1 is 1.62 bits per heavy atom. The van der Waals surface area contributed by atoms with Crippen molar-refractivity contribution in [3.05, 3.63) is 18.2 Å². The molecule has 0 aliphatic carbocycles. The van der Waals surface area contributed by atoms with Crippen LogP contribution in [0.4, 0.5) is 0 Å². The van der Waals surface area contributed by atoms with Crippen molar-refractivity contribution in [2.24, 2.45) is 17.4 Å². The van der Waals surface area contributed by atoms with Crippen LogP contribution in [0.3, 0.4) is 0 Å². The van der Waals surface area contributed by atoms with Crippen molar-refractivity contribution in [1.29, 1.82) is 0 Å². The normalized spacial score (nSPS) is 15.1. The Bertz CT molecular complexity index is 361. The average Bonchev–Trinajstić information content (AvgIpc) is 2.64. The molecule has 1 amide bonds. The second kappa shape index (κ2) is 5.09. The highest BCUT2D eigenvalue weighted by molar-refractivity contribution is 5.78. The minimum atomic E-state index is -0.553. The molecule has 0 aliphatic heterocycles. The second-order valence-electron chi connectivity index (χ2n) is 4.11. The number of carbonyl (C=O) groups is 1. The van der Waals surface area contributed by atoms with Crippen molar-refractivity contribution >= 4 is 5.91 Å². The van der Waals surface area contributed by atoms with Gasteiger partial charge in [-0.15, -0.1) is 0 Å². The zero-order valence-electron chi connectivity index (χ0n) is 9.50. The van der Waals surface area contributed by atoms with E-state index in [4.69, 9.17) is 16.6 Å². The molecule has 1 rings (SSSR count). The highest BCUT2D eigenvalue weighted by Gasteiger charge is 2.25. The number of aromatic nitrogens is 2. The molecule has 16 heavy (non-hydrogen) atoms. The summed E-state index contributed by atoms with van der Waals surface area (Å²) in [6.07, 6.45) is 3.06.